The van der Waals surface area contributed by atoms with Crippen LogP contribution in [0.5, 0.6) is 0 Å². The van der Waals surface area contributed by atoms with Crippen LogP contribution in [-0.4, -0.2) is 35.5 Å². The molecule has 1 N–H and O–H groups in total. The fourth-order valence-corrected chi connectivity index (χ4v) is 2.80. The Hall–Kier alpha value is -1.00. The first-order valence-electron chi connectivity index (χ1n) is 5.78. The van der Waals surface area contributed by atoms with E-state index in [1.54, 1.807) is 16.7 Å². The summed E-state index contributed by atoms with van der Waals surface area (Å²) in [6.45, 7) is 2.75. The Bertz CT molecular complexity index is 385. The molecule has 1 unspecified atom stereocenters. The molecular formula is C13H18N2OS. The van der Waals surface area contributed by atoms with Crippen molar-refractivity contribution in [3.05, 3.63) is 35.4 Å². The van der Waals surface area contributed by atoms with Gasteiger partial charge >= 0.3 is 0 Å². The molecule has 17 heavy (non-hydrogen) atoms. The predicted molar refractivity (Wildman–Crippen MR) is 71.9 cm³/mol. The molecule has 1 heterocycles. The maximum absolute atomic E-state index is 12.1. The molecule has 3 nitrogen and oxygen atoms in total. The van der Waals surface area contributed by atoms with E-state index >= 15 is 0 Å². The Morgan fingerprint density at radius 1 is 1.47 bits per heavy atom. The molecule has 0 saturated carbocycles. The van der Waals surface area contributed by atoms with E-state index < -0.39 is 0 Å². The zero-order valence-electron chi connectivity index (χ0n) is 10.3. The van der Waals surface area contributed by atoms with Crippen LogP contribution in [0.4, 0.5) is 0 Å². The van der Waals surface area contributed by atoms with Gasteiger partial charge in [-0.2, -0.15) is 0 Å². The Morgan fingerprint density at radius 3 is 2.76 bits per heavy atom. The summed E-state index contributed by atoms with van der Waals surface area (Å²) in [6, 6.07) is 8.32. The maximum Gasteiger partial charge on any atom is 0.240 e. The van der Waals surface area contributed by atoms with Gasteiger partial charge in [0.1, 0.15) is 0 Å². The molecule has 0 radical (unpaired) electrons. The summed E-state index contributed by atoms with van der Waals surface area (Å²) in [5, 5.41) is 3.20. The lowest BCUT2D eigenvalue weighted by atomic mass is 10.1. The van der Waals surface area contributed by atoms with Crippen LogP contribution in [0.25, 0.3) is 0 Å². The molecule has 0 aliphatic carbocycles. The van der Waals surface area contributed by atoms with E-state index in [0.717, 1.165) is 11.6 Å². The molecule has 1 aliphatic rings. The number of amides is 1. The molecule has 2 rings (SSSR count). The Labute approximate surface area is 107 Å². The third kappa shape index (κ3) is 3.23. The number of carbonyl (C=O) groups is 1. The van der Waals surface area contributed by atoms with Crippen LogP contribution in [0.15, 0.2) is 24.3 Å². The monoisotopic (exact) mass is 250 g/mol. The number of aryl methyl sites for hydroxylation is 1. The lowest BCUT2D eigenvalue weighted by molar-refractivity contribution is -0.131. The SMILES string of the molecule is Cc1ccc(CN(C)C(=O)C2CSCN2)cc1. The molecule has 0 spiro atoms. The molecule has 1 fully saturated rings. The van der Waals surface area contributed by atoms with Gasteiger partial charge in [0.15, 0.2) is 0 Å². The quantitative estimate of drug-likeness (QED) is 0.884. The fraction of sp³-hybridized carbons (Fsp3) is 0.462. The normalized spacial score (nSPS) is 19.3. The number of carbonyl (C=O) groups excluding carboxylic acids is 1. The second-order valence-electron chi connectivity index (χ2n) is 4.45. The van der Waals surface area contributed by atoms with Gasteiger partial charge in [0.05, 0.1) is 6.04 Å². The van der Waals surface area contributed by atoms with Crippen molar-refractivity contribution in [2.24, 2.45) is 0 Å². The number of nitrogens with zero attached hydrogens (tertiary/aromatic N) is 1. The zero-order valence-corrected chi connectivity index (χ0v) is 11.1. The van der Waals surface area contributed by atoms with Crippen LogP contribution < -0.4 is 5.32 Å². The number of thioether (sulfide) groups is 1. The van der Waals surface area contributed by atoms with Crippen molar-refractivity contribution < 1.29 is 4.79 Å². The third-order valence-corrected chi connectivity index (χ3v) is 3.87. The Balaban J connectivity index is 1.93. The molecule has 1 amide bonds. The van der Waals surface area contributed by atoms with Gasteiger partial charge in [-0.3, -0.25) is 10.1 Å². The number of benzene rings is 1. The summed E-state index contributed by atoms with van der Waals surface area (Å²) >= 11 is 1.78. The first kappa shape index (κ1) is 12.5. The van der Waals surface area contributed by atoms with Crippen molar-refractivity contribution in [3.8, 4) is 0 Å². The third-order valence-electron chi connectivity index (χ3n) is 2.93. The summed E-state index contributed by atoms with van der Waals surface area (Å²) < 4.78 is 0. The van der Waals surface area contributed by atoms with Crippen molar-refractivity contribution in [3.63, 3.8) is 0 Å². The highest BCUT2D eigenvalue weighted by Crippen LogP contribution is 2.13. The second-order valence-corrected chi connectivity index (χ2v) is 5.48. The molecule has 1 atom stereocenters. The highest BCUT2D eigenvalue weighted by atomic mass is 32.2. The van der Waals surface area contributed by atoms with Gasteiger partial charge in [0.2, 0.25) is 5.91 Å². The zero-order chi connectivity index (χ0) is 12.3. The largest absolute Gasteiger partial charge is 0.340 e. The van der Waals surface area contributed by atoms with E-state index in [1.165, 1.54) is 11.1 Å². The Kier molecular flexibility index (Phi) is 4.07. The molecule has 4 heteroatoms. The van der Waals surface area contributed by atoms with E-state index in [1.807, 2.05) is 7.05 Å². The number of nitrogens with one attached hydrogen (secondary N) is 1. The standard InChI is InChI=1S/C13H18N2OS/c1-10-3-5-11(6-4-10)7-15(2)13(16)12-8-17-9-14-12/h3-6,12,14H,7-9H2,1-2H3. The molecule has 0 bridgehead atoms. The minimum absolute atomic E-state index is 0.00421. The lowest BCUT2D eigenvalue weighted by Gasteiger charge is -2.20. The van der Waals surface area contributed by atoms with E-state index in [0.29, 0.717) is 6.54 Å². The number of rotatable bonds is 3. The molecule has 0 aromatic heterocycles. The molecular weight excluding hydrogens is 232 g/mol. The molecule has 1 aliphatic heterocycles. The van der Waals surface area contributed by atoms with Crippen molar-refractivity contribution in [1.82, 2.24) is 10.2 Å². The van der Waals surface area contributed by atoms with Gasteiger partial charge in [0.25, 0.3) is 0 Å². The molecule has 1 aromatic rings. The highest BCUT2D eigenvalue weighted by Gasteiger charge is 2.25. The predicted octanol–water partition coefficient (Wildman–Crippen LogP) is 1.62. The van der Waals surface area contributed by atoms with Crippen molar-refractivity contribution in [1.29, 1.82) is 0 Å². The van der Waals surface area contributed by atoms with Crippen molar-refractivity contribution >= 4 is 17.7 Å². The highest BCUT2D eigenvalue weighted by molar-refractivity contribution is 7.99. The summed E-state index contributed by atoms with van der Waals surface area (Å²) in [6.07, 6.45) is 0. The maximum atomic E-state index is 12.1. The number of hydrogen-bond acceptors (Lipinski definition) is 3. The smallest absolute Gasteiger partial charge is 0.240 e. The molecule has 92 valence electrons. The summed E-state index contributed by atoms with van der Waals surface area (Å²) in [4.78, 5) is 13.9. The van der Waals surface area contributed by atoms with Crippen molar-refractivity contribution in [2.45, 2.75) is 19.5 Å². The summed E-state index contributed by atoms with van der Waals surface area (Å²) in [7, 11) is 1.87. The van der Waals surface area contributed by atoms with Crippen LogP contribution in [0.1, 0.15) is 11.1 Å². The number of hydrogen-bond donors (Lipinski definition) is 1. The lowest BCUT2D eigenvalue weighted by Crippen LogP contribution is -2.42. The van der Waals surface area contributed by atoms with Gasteiger partial charge in [-0.25, -0.2) is 0 Å². The van der Waals surface area contributed by atoms with E-state index in [4.69, 9.17) is 0 Å². The van der Waals surface area contributed by atoms with Gasteiger partial charge < -0.3 is 4.90 Å². The molecule has 1 saturated heterocycles. The van der Waals surface area contributed by atoms with Crippen LogP contribution in [-0.2, 0) is 11.3 Å². The first-order chi connectivity index (χ1) is 8.16. The second kappa shape index (κ2) is 5.56. The van der Waals surface area contributed by atoms with E-state index in [9.17, 15) is 4.79 Å². The van der Waals surface area contributed by atoms with Crippen LogP contribution in [0, 0.1) is 6.92 Å². The van der Waals surface area contributed by atoms with Gasteiger partial charge in [-0.15, -0.1) is 11.8 Å². The van der Waals surface area contributed by atoms with Crippen molar-refractivity contribution in [2.75, 3.05) is 18.7 Å². The number of likely N-dealkylation sites (N-methyl/N-ethyl adjacent to an activating group) is 1. The average Bonchev–Trinajstić information content (AvgIpc) is 2.84. The van der Waals surface area contributed by atoms with E-state index in [-0.39, 0.29) is 11.9 Å². The molecule has 1 aromatic carbocycles. The van der Waals surface area contributed by atoms with Gasteiger partial charge in [-0.1, -0.05) is 29.8 Å². The van der Waals surface area contributed by atoms with E-state index in [2.05, 4.69) is 36.5 Å². The summed E-state index contributed by atoms with van der Waals surface area (Å²) in [5.74, 6) is 1.96. The first-order valence-corrected chi connectivity index (χ1v) is 6.94. The summed E-state index contributed by atoms with van der Waals surface area (Å²) in [5.41, 5.74) is 2.42. The van der Waals surface area contributed by atoms with Crippen LogP contribution in [0.2, 0.25) is 0 Å². The topological polar surface area (TPSA) is 32.3 Å². The van der Waals surface area contributed by atoms with Gasteiger partial charge in [-0.05, 0) is 12.5 Å². The minimum Gasteiger partial charge on any atom is -0.340 e. The Morgan fingerprint density at radius 2 is 2.18 bits per heavy atom. The van der Waals surface area contributed by atoms with Gasteiger partial charge in [0, 0.05) is 25.2 Å². The van der Waals surface area contributed by atoms with Crippen LogP contribution >= 0.6 is 11.8 Å². The average molecular weight is 250 g/mol. The van der Waals surface area contributed by atoms with Crippen LogP contribution in [0.3, 0.4) is 0 Å². The fourth-order valence-electron chi connectivity index (χ4n) is 1.87. The minimum atomic E-state index is -0.00421.